The van der Waals surface area contributed by atoms with Crippen molar-refractivity contribution in [3.63, 3.8) is 0 Å². The predicted molar refractivity (Wildman–Crippen MR) is 91.6 cm³/mol. The van der Waals surface area contributed by atoms with E-state index in [1.54, 1.807) is 7.11 Å². The average molecular weight is 327 g/mol. The SMILES string of the molecule is COc1ccccc1CCC(=O)N1CCCCC1C(C)N.Cl. The topological polar surface area (TPSA) is 55.6 Å². The van der Waals surface area contributed by atoms with Gasteiger partial charge in [-0.1, -0.05) is 18.2 Å². The summed E-state index contributed by atoms with van der Waals surface area (Å²) in [6.07, 6.45) is 4.51. The molecule has 2 unspecified atom stereocenters. The van der Waals surface area contributed by atoms with Crippen LogP contribution < -0.4 is 10.5 Å². The second kappa shape index (κ2) is 9.01. The number of likely N-dealkylation sites (tertiary alicyclic amines) is 1. The summed E-state index contributed by atoms with van der Waals surface area (Å²) < 4.78 is 5.34. The van der Waals surface area contributed by atoms with Gasteiger partial charge in [-0.15, -0.1) is 12.4 Å². The van der Waals surface area contributed by atoms with Crippen molar-refractivity contribution in [2.24, 2.45) is 5.73 Å². The molecule has 0 aliphatic carbocycles. The van der Waals surface area contributed by atoms with E-state index in [1.165, 1.54) is 6.42 Å². The molecule has 2 N–H and O–H groups in total. The number of methoxy groups -OCH3 is 1. The highest BCUT2D eigenvalue weighted by Gasteiger charge is 2.28. The minimum absolute atomic E-state index is 0. The zero-order valence-corrected chi connectivity index (χ0v) is 14.3. The van der Waals surface area contributed by atoms with Crippen LogP contribution in [0.15, 0.2) is 24.3 Å². The molecule has 0 saturated carbocycles. The third-order valence-electron chi connectivity index (χ3n) is 4.28. The summed E-state index contributed by atoms with van der Waals surface area (Å²) in [6.45, 7) is 2.84. The Morgan fingerprint density at radius 1 is 1.41 bits per heavy atom. The van der Waals surface area contributed by atoms with E-state index in [0.29, 0.717) is 12.8 Å². The molecule has 0 aromatic heterocycles. The Kier molecular flexibility index (Phi) is 7.69. The van der Waals surface area contributed by atoms with Gasteiger partial charge in [-0.2, -0.15) is 0 Å². The number of ether oxygens (including phenoxy) is 1. The van der Waals surface area contributed by atoms with Crippen LogP contribution in [0.25, 0.3) is 0 Å². The Morgan fingerprint density at radius 2 is 2.14 bits per heavy atom. The van der Waals surface area contributed by atoms with Crippen LogP contribution >= 0.6 is 12.4 Å². The molecule has 0 spiro atoms. The number of nitrogens with two attached hydrogens (primary N) is 1. The van der Waals surface area contributed by atoms with Gasteiger partial charge in [0, 0.05) is 25.0 Å². The van der Waals surface area contributed by atoms with E-state index >= 15 is 0 Å². The highest BCUT2D eigenvalue weighted by Crippen LogP contribution is 2.22. The summed E-state index contributed by atoms with van der Waals surface area (Å²) in [6, 6.07) is 8.12. The molecule has 2 atom stereocenters. The minimum atomic E-state index is 0. The number of piperidine rings is 1. The second-order valence-electron chi connectivity index (χ2n) is 5.82. The van der Waals surface area contributed by atoms with Crippen molar-refractivity contribution in [1.29, 1.82) is 0 Å². The third-order valence-corrected chi connectivity index (χ3v) is 4.28. The Labute approximate surface area is 139 Å². The maximum absolute atomic E-state index is 12.5. The number of aryl methyl sites for hydroxylation is 1. The lowest BCUT2D eigenvalue weighted by molar-refractivity contribution is -0.135. The van der Waals surface area contributed by atoms with Gasteiger partial charge in [-0.3, -0.25) is 4.79 Å². The van der Waals surface area contributed by atoms with E-state index in [2.05, 4.69) is 0 Å². The highest BCUT2D eigenvalue weighted by atomic mass is 35.5. The lowest BCUT2D eigenvalue weighted by atomic mass is 9.96. The number of para-hydroxylation sites is 1. The number of benzene rings is 1. The highest BCUT2D eigenvalue weighted by molar-refractivity contribution is 5.85. The van der Waals surface area contributed by atoms with Gasteiger partial charge in [0.2, 0.25) is 5.91 Å². The van der Waals surface area contributed by atoms with Crippen LogP contribution in [0, 0.1) is 0 Å². The molecule has 2 rings (SSSR count). The number of rotatable bonds is 5. The number of carbonyl (C=O) groups is 1. The maximum atomic E-state index is 12.5. The molecule has 1 fully saturated rings. The van der Waals surface area contributed by atoms with Crippen molar-refractivity contribution < 1.29 is 9.53 Å². The minimum Gasteiger partial charge on any atom is -0.496 e. The monoisotopic (exact) mass is 326 g/mol. The first-order chi connectivity index (χ1) is 10.1. The zero-order chi connectivity index (χ0) is 15.2. The van der Waals surface area contributed by atoms with Gasteiger partial charge in [0.25, 0.3) is 0 Å². The van der Waals surface area contributed by atoms with Gasteiger partial charge in [0.15, 0.2) is 0 Å². The largest absolute Gasteiger partial charge is 0.496 e. The van der Waals surface area contributed by atoms with Crippen molar-refractivity contribution in [1.82, 2.24) is 4.90 Å². The van der Waals surface area contributed by atoms with Crippen molar-refractivity contribution in [3.05, 3.63) is 29.8 Å². The number of amides is 1. The third kappa shape index (κ3) is 4.62. The van der Waals surface area contributed by atoms with Crippen molar-refractivity contribution in [3.8, 4) is 5.75 Å². The lowest BCUT2D eigenvalue weighted by Gasteiger charge is -2.38. The van der Waals surface area contributed by atoms with Crippen LogP contribution in [0.1, 0.15) is 38.2 Å². The number of hydrogen-bond donors (Lipinski definition) is 1. The Hall–Kier alpha value is -1.26. The van der Waals surface area contributed by atoms with E-state index in [-0.39, 0.29) is 30.4 Å². The smallest absolute Gasteiger partial charge is 0.223 e. The number of hydrogen-bond acceptors (Lipinski definition) is 3. The molecule has 0 bridgehead atoms. The van der Waals surface area contributed by atoms with Crippen molar-refractivity contribution >= 4 is 18.3 Å². The van der Waals surface area contributed by atoms with Crippen LogP contribution in [0.2, 0.25) is 0 Å². The molecule has 4 nitrogen and oxygen atoms in total. The molecule has 1 aliphatic rings. The molecule has 1 heterocycles. The molecule has 1 saturated heterocycles. The second-order valence-corrected chi connectivity index (χ2v) is 5.82. The summed E-state index contributed by atoms with van der Waals surface area (Å²) in [4.78, 5) is 14.5. The summed E-state index contributed by atoms with van der Waals surface area (Å²) >= 11 is 0. The summed E-state index contributed by atoms with van der Waals surface area (Å²) in [5.41, 5.74) is 7.12. The van der Waals surface area contributed by atoms with Crippen molar-refractivity contribution in [2.45, 2.75) is 51.1 Å². The van der Waals surface area contributed by atoms with Gasteiger partial charge in [0.05, 0.1) is 7.11 Å². The van der Waals surface area contributed by atoms with E-state index in [0.717, 1.165) is 30.7 Å². The summed E-state index contributed by atoms with van der Waals surface area (Å²) in [5.74, 6) is 1.07. The fraction of sp³-hybridized carbons (Fsp3) is 0.588. The van der Waals surface area contributed by atoms with Gasteiger partial charge in [-0.25, -0.2) is 0 Å². The van der Waals surface area contributed by atoms with Crippen LogP contribution in [-0.2, 0) is 11.2 Å². The quantitative estimate of drug-likeness (QED) is 0.905. The van der Waals surface area contributed by atoms with Gasteiger partial charge >= 0.3 is 0 Å². The van der Waals surface area contributed by atoms with Gasteiger partial charge < -0.3 is 15.4 Å². The molecule has 1 aromatic carbocycles. The summed E-state index contributed by atoms with van der Waals surface area (Å²) in [7, 11) is 1.66. The Balaban J connectivity index is 0.00000242. The number of nitrogens with zero attached hydrogens (tertiary/aromatic N) is 1. The molecule has 1 aliphatic heterocycles. The standard InChI is InChI=1S/C17H26N2O2.ClH/c1-13(18)15-8-5-6-12-19(15)17(20)11-10-14-7-3-4-9-16(14)21-2;/h3-4,7,9,13,15H,5-6,8,10-12,18H2,1-2H3;1H. The van der Waals surface area contributed by atoms with Crippen LogP contribution in [0.3, 0.4) is 0 Å². The first-order valence-electron chi connectivity index (χ1n) is 7.80. The van der Waals surface area contributed by atoms with E-state index in [1.807, 2.05) is 36.1 Å². The van der Waals surface area contributed by atoms with Crippen LogP contribution in [0.4, 0.5) is 0 Å². The Bertz CT molecular complexity index is 479. The zero-order valence-electron chi connectivity index (χ0n) is 13.5. The van der Waals surface area contributed by atoms with Crippen LogP contribution in [0.5, 0.6) is 5.75 Å². The summed E-state index contributed by atoms with van der Waals surface area (Å²) in [5, 5.41) is 0. The van der Waals surface area contributed by atoms with E-state index in [9.17, 15) is 4.79 Å². The predicted octanol–water partition coefficient (Wildman–Crippen LogP) is 2.78. The van der Waals surface area contributed by atoms with Crippen LogP contribution in [-0.4, -0.2) is 36.5 Å². The van der Waals surface area contributed by atoms with Gasteiger partial charge in [-0.05, 0) is 44.2 Å². The first kappa shape index (κ1) is 18.8. The molecular formula is C17H27ClN2O2. The molecule has 1 aromatic rings. The number of halogens is 1. The average Bonchev–Trinajstić information content (AvgIpc) is 2.52. The molecule has 1 amide bonds. The molecule has 22 heavy (non-hydrogen) atoms. The fourth-order valence-corrected chi connectivity index (χ4v) is 3.11. The normalized spacial score (nSPS) is 19.2. The molecular weight excluding hydrogens is 300 g/mol. The lowest BCUT2D eigenvalue weighted by Crippen LogP contribution is -2.51. The van der Waals surface area contributed by atoms with E-state index < -0.39 is 0 Å². The maximum Gasteiger partial charge on any atom is 0.223 e. The molecule has 124 valence electrons. The van der Waals surface area contributed by atoms with Gasteiger partial charge in [0.1, 0.15) is 5.75 Å². The van der Waals surface area contributed by atoms with Crippen molar-refractivity contribution in [2.75, 3.05) is 13.7 Å². The van der Waals surface area contributed by atoms with E-state index in [4.69, 9.17) is 10.5 Å². The number of carbonyl (C=O) groups excluding carboxylic acids is 1. The molecule has 0 radical (unpaired) electrons. The fourth-order valence-electron chi connectivity index (χ4n) is 3.11. The first-order valence-corrected chi connectivity index (χ1v) is 7.80. The Morgan fingerprint density at radius 3 is 2.82 bits per heavy atom. The molecule has 5 heteroatoms.